The van der Waals surface area contributed by atoms with Crippen molar-refractivity contribution in [2.75, 3.05) is 18.0 Å². The van der Waals surface area contributed by atoms with Gasteiger partial charge in [-0.15, -0.1) is 0 Å². The summed E-state index contributed by atoms with van der Waals surface area (Å²) in [5, 5.41) is 0. The lowest BCUT2D eigenvalue weighted by molar-refractivity contribution is 0.609. The van der Waals surface area contributed by atoms with Crippen molar-refractivity contribution >= 4 is 32.8 Å². The number of aryl methyl sites for hydroxylation is 1. The van der Waals surface area contributed by atoms with E-state index in [-0.39, 0.29) is 0 Å². The standard InChI is InChI=1S/C12H12BrN3/c1-8-5-9(13)12-10(6-8)14-7-11(15-12)16-3-2-4-16/h5-7H,2-4H2,1H3. The maximum absolute atomic E-state index is 4.65. The fraction of sp³-hybridized carbons (Fsp3) is 0.333. The Morgan fingerprint density at radius 3 is 2.81 bits per heavy atom. The molecule has 1 aliphatic rings. The highest BCUT2D eigenvalue weighted by Gasteiger charge is 2.16. The molecule has 16 heavy (non-hydrogen) atoms. The molecular weight excluding hydrogens is 266 g/mol. The van der Waals surface area contributed by atoms with Crippen LogP contribution in [0.15, 0.2) is 22.8 Å². The highest BCUT2D eigenvalue weighted by Crippen LogP contribution is 2.26. The van der Waals surface area contributed by atoms with Crippen LogP contribution in [0.3, 0.4) is 0 Å². The van der Waals surface area contributed by atoms with E-state index in [4.69, 9.17) is 0 Å². The van der Waals surface area contributed by atoms with E-state index < -0.39 is 0 Å². The predicted molar refractivity (Wildman–Crippen MR) is 68.8 cm³/mol. The van der Waals surface area contributed by atoms with Crippen LogP contribution >= 0.6 is 15.9 Å². The molecule has 3 rings (SSSR count). The maximum atomic E-state index is 4.65. The molecule has 0 atom stereocenters. The number of fused-ring (bicyclic) bond motifs is 1. The van der Waals surface area contributed by atoms with Crippen molar-refractivity contribution in [3.05, 3.63) is 28.4 Å². The average Bonchev–Trinajstić information content (AvgIpc) is 2.16. The average molecular weight is 278 g/mol. The van der Waals surface area contributed by atoms with Crippen molar-refractivity contribution in [3.63, 3.8) is 0 Å². The summed E-state index contributed by atoms with van der Waals surface area (Å²) in [6, 6.07) is 4.14. The number of rotatable bonds is 1. The van der Waals surface area contributed by atoms with E-state index in [0.29, 0.717) is 0 Å². The first-order chi connectivity index (χ1) is 7.74. The molecule has 1 aromatic heterocycles. The fourth-order valence-corrected chi connectivity index (χ4v) is 2.55. The highest BCUT2D eigenvalue weighted by molar-refractivity contribution is 9.10. The van der Waals surface area contributed by atoms with E-state index >= 15 is 0 Å². The minimum absolute atomic E-state index is 0.954. The number of aromatic nitrogens is 2. The SMILES string of the molecule is Cc1cc(Br)c2nc(N3CCC3)cnc2c1. The Hall–Kier alpha value is -1.16. The molecule has 0 amide bonds. The summed E-state index contributed by atoms with van der Waals surface area (Å²) in [6.07, 6.45) is 3.13. The summed E-state index contributed by atoms with van der Waals surface area (Å²) in [5.41, 5.74) is 3.11. The van der Waals surface area contributed by atoms with Crippen molar-refractivity contribution in [1.29, 1.82) is 0 Å². The Morgan fingerprint density at radius 2 is 2.12 bits per heavy atom. The number of hydrogen-bond donors (Lipinski definition) is 0. The summed E-state index contributed by atoms with van der Waals surface area (Å²) >= 11 is 3.55. The van der Waals surface area contributed by atoms with Crippen LogP contribution in [0.1, 0.15) is 12.0 Å². The molecule has 4 heteroatoms. The van der Waals surface area contributed by atoms with Crippen molar-refractivity contribution in [1.82, 2.24) is 9.97 Å². The van der Waals surface area contributed by atoms with Gasteiger partial charge in [-0.3, -0.25) is 4.98 Å². The molecule has 0 N–H and O–H groups in total. The Kier molecular flexibility index (Phi) is 2.32. The zero-order valence-electron chi connectivity index (χ0n) is 9.07. The van der Waals surface area contributed by atoms with E-state index in [1.807, 2.05) is 6.20 Å². The first-order valence-corrected chi connectivity index (χ1v) is 6.21. The highest BCUT2D eigenvalue weighted by atomic mass is 79.9. The van der Waals surface area contributed by atoms with Gasteiger partial charge in [0.25, 0.3) is 0 Å². The third-order valence-corrected chi connectivity index (χ3v) is 3.52. The molecule has 1 saturated heterocycles. The maximum Gasteiger partial charge on any atom is 0.147 e. The fourth-order valence-electron chi connectivity index (χ4n) is 1.89. The quantitative estimate of drug-likeness (QED) is 0.803. The Balaban J connectivity index is 2.16. The normalized spacial score (nSPS) is 15.2. The van der Waals surface area contributed by atoms with Crippen LogP contribution in [0.4, 0.5) is 5.82 Å². The Bertz CT molecular complexity index is 549. The molecule has 3 nitrogen and oxygen atoms in total. The van der Waals surface area contributed by atoms with Gasteiger partial charge in [0, 0.05) is 17.6 Å². The largest absolute Gasteiger partial charge is 0.355 e. The topological polar surface area (TPSA) is 29.0 Å². The number of nitrogens with zero attached hydrogens (tertiary/aromatic N) is 3. The second-order valence-corrected chi connectivity index (χ2v) is 5.04. The van der Waals surface area contributed by atoms with Crippen LogP contribution in [0.5, 0.6) is 0 Å². The predicted octanol–water partition coefficient (Wildman–Crippen LogP) is 2.91. The third kappa shape index (κ3) is 1.57. The lowest BCUT2D eigenvalue weighted by atomic mass is 10.2. The summed E-state index contributed by atoms with van der Waals surface area (Å²) in [7, 11) is 0. The second-order valence-electron chi connectivity index (χ2n) is 4.18. The van der Waals surface area contributed by atoms with Gasteiger partial charge in [0.15, 0.2) is 0 Å². The molecule has 0 radical (unpaired) electrons. The summed E-state index contributed by atoms with van der Waals surface area (Å²) in [4.78, 5) is 11.4. The van der Waals surface area contributed by atoms with Crippen LogP contribution in [-0.2, 0) is 0 Å². The van der Waals surface area contributed by atoms with E-state index in [1.54, 1.807) is 0 Å². The number of anilines is 1. The Morgan fingerprint density at radius 1 is 1.31 bits per heavy atom. The van der Waals surface area contributed by atoms with Gasteiger partial charge in [0.05, 0.1) is 11.7 Å². The van der Waals surface area contributed by atoms with E-state index in [1.165, 1.54) is 12.0 Å². The molecule has 0 bridgehead atoms. The van der Waals surface area contributed by atoms with Crippen molar-refractivity contribution in [2.24, 2.45) is 0 Å². The molecule has 82 valence electrons. The molecule has 2 heterocycles. The summed E-state index contributed by atoms with van der Waals surface area (Å²) in [5.74, 6) is 0.989. The van der Waals surface area contributed by atoms with Crippen LogP contribution in [0.2, 0.25) is 0 Å². The minimum Gasteiger partial charge on any atom is -0.355 e. The first-order valence-electron chi connectivity index (χ1n) is 5.42. The van der Waals surface area contributed by atoms with Crippen LogP contribution in [0, 0.1) is 6.92 Å². The molecule has 0 unspecified atom stereocenters. The van der Waals surface area contributed by atoms with Crippen LogP contribution in [-0.4, -0.2) is 23.1 Å². The van der Waals surface area contributed by atoms with Crippen LogP contribution in [0.25, 0.3) is 11.0 Å². The van der Waals surface area contributed by atoms with Crippen molar-refractivity contribution in [2.45, 2.75) is 13.3 Å². The zero-order valence-corrected chi connectivity index (χ0v) is 10.7. The van der Waals surface area contributed by atoms with E-state index in [2.05, 4.69) is 49.9 Å². The summed E-state index contributed by atoms with van der Waals surface area (Å²) in [6.45, 7) is 4.27. The molecule has 0 spiro atoms. The van der Waals surface area contributed by atoms with Gasteiger partial charge < -0.3 is 4.90 Å². The smallest absolute Gasteiger partial charge is 0.147 e. The lowest BCUT2D eigenvalue weighted by Crippen LogP contribution is -2.37. The van der Waals surface area contributed by atoms with E-state index in [9.17, 15) is 0 Å². The molecule has 1 aliphatic heterocycles. The van der Waals surface area contributed by atoms with Gasteiger partial charge in [-0.05, 0) is 47.0 Å². The Labute approximate surface area is 103 Å². The second kappa shape index (κ2) is 3.70. The monoisotopic (exact) mass is 277 g/mol. The van der Waals surface area contributed by atoms with Gasteiger partial charge in [0.1, 0.15) is 11.3 Å². The first kappa shape index (κ1) is 10.0. The zero-order chi connectivity index (χ0) is 11.1. The van der Waals surface area contributed by atoms with Gasteiger partial charge in [0.2, 0.25) is 0 Å². The number of hydrogen-bond acceptors (Lipinski definition) is 3. The van der Waals surface area contributed by atoms with Gasteiger partial charge >= 0.3 is 0 Å². The minimum atomic E-state index is 0.954. The number of benzene rings is 1. The molecule has 1 aromatic carbocycles. The molecule has 0 aliphatic carbocycles. The molecule has 1 fully saturated rings. The van der Waals surface area contributed by atoms with E-state index in [0.717, 1.165) is 34.4 Å². The summed E-state index contributed by atoms with van der Waals surface area (Å²) < 4.78 is 1.03. The van der Waals surface area contributed by atoms with Crippen LogP contribution < -0.4 is 4.90 Å². The third-order valence-electron chi connectivity index (χ3n) is 2.91. The molecule has 0 saturated carbocycles. The molecule has 2 aromatic rings. The number of halogens is 1. The molecular formula is C12H12BrN3. The van der Waals surface area contributed by atoms with Gasteiger partial charge in [-0.25, -0.2) is 4.98 Å². The van der Waals surface area contributed by atoms with Gasteiger partial charge in [-0.2, -0.15) is 0 Å². The lowest BCUT2D eigenvalue weighted by Gasteiger charge is -2.31. The van der Waals surface area contributed by atoms with Crippen molar-refractivity contribution in [3.8, 4) is 0 Å². The van der Waals surface area contributed by atoms with Gasteiger partial charge in [-0.1, -0.05) is 0 Å². The van der Waals surface area contributed by atoms with Crippen molar-refractivity contribution < 1.29 is 0 Å².